The molecule has 1 unspecified atom stereocenters. The average molecular weight is 329 g/mol. The van der Waals surface area contributed by atoms with E-state index >= 15 is 0 Å². The van der Waals surface area contributed by atoms with E-state index in [2.05, 4.69) is 25.3 Å². The second-order valence-corrected chi connectivity index (χ2v) is 6.21. The Bertz CT molecular complexity index is 672. The van der Waals surface area contributed by atoms with Gasteiger partial charge in [0.2, 0.25) is 11.9 Å². The zero-order valence-corrected chi connectivity index (χ0v) is 14.1. The maximum absolute atomic E-state index is 12.4. The first-order chi connectivity index (χ1) is 11.6. The van der Waals surface area contributed by atoms with Gasteiger partial charge in [-0.05, 0) is 12.5 Å². The molecule has 1 aliphatic rings. The monoisotopic (exact) mass is 329 g/mol. The van der Waals surface area contributed by atoms with Gasteiger partial charge in [-0.15, -0.1) is 0 Å². The smallest absolute Gasteiger partial charge is 0.236 e. The van der Waals surface area contributed by atoms with Gasteiger partial charge in [-0.1, -0.05) is 0 Å². The molecule has 0 saturated carbocycles. The van der Waals surface area contributed by atoms with E-state index in [1.54, 1.807) is 34.2 Å². The van der Waals surface area contributed by atoms with Crippen LogP contribution >= 0.6 is 0 Å². The maximum Gasteiger partial charge on any atom is 0.236 e. The summed E-state index contributed by atoms with van der Waals surface area (Å²) in [6, 6.07) is 2.08. The first-order valence-corrected chi connectivity index (χ1v) is 8.07. The third-order valence-electron chi connectivity index (χ3n) is 4.13. The molecule has 1 fully saturated rings. The minimum absolute atomic E-state index is 0.121. The Labute approximate surface area is 141 Å². The molecule has 0 radical (unpaired) electrons. The van der Waals surface area contributed by atoms with Crippen LogP contribution in [0.5, 0.6) is 0 Å². The summed E-state index contributed by atoms with van der Waals surface area (Å²) in [5.41, 5.74) is 1.04. The number of nitrogens with one attached hydrogen (secondary N) is 1. The minimum Gasteiger partial charge on any atom is -0.350 e. The Balaban J connectivity index is 1.45. The van der Waals surface area contributed by atoms with E-state index in [1.165, 1.54) is 0 Å². The molecule has 1 atom stereocenters. The second-order valence-electron chi connectivity index (χ2n) is 6.21. The van der Waals surface area contributed by atoms with Crippen molar-refractivity contribution >= 4 is 11.9 Å². The molecule has 2 aromatic rings. The highest BCUT2D eigenvalue weighted by Crippen LogP contribution is 2.13. The maximum atomic E-state index is 12.4. The SMILES string of the molecule is CN(Cc1cnn(C)c1)C(=O)CN1CCC(Nc2ncccn2)C1. The molecule has 2 aromatic heterocycles. The number of nitrogens with zero attached hydrogens (tertiary/aromatic N) is 6. The number of rotatable bonds is 6. The third kappa shape index (κ3) is 4.29. The van der Waals surface area contributed by atoms with Gasteiger partial charge in [0.05, 0.1) is 12.7 Å². The number of carbonyl (C=O) groups excluding carboxylic acids is 1. The fraction of sp³-hybridized carbons (Fsp3) is 0.500. The quantitative estimate of drug-likeness (QED) is 0.824. The van der Waals surface area contributed by atoms with E-state index in [1.807, 2.05) is 20.3 Å². The van der Waals surface area contributed by atoms with Crippen LogP contribution in [0.1, 0.15) is 12.0 Å². The Morgan fingerprint density at radius 2 is 2.21 bits per heavy atom. The van der Waals surface area contributed by atoms with Crippen LogP contribution in [0.2, 0.25) is 0 Å². The number of hydrogen-bond acceptors (Lipinski definition) is 6. The van der Waals surface area contributed by atoms with Crippen LogP contribution in [0.3, 0.4) is 0 Å². The van der Waals surface area contributed by atoms with E-state index in [9.17, 15) is 4.79 Å². The van der Waals surface area contributed by atoms with Crippen LogP contribution in [0.4, 0.5) is 5.95 Å². The summed E-state index contributed by atoms with van der Waals surface area (Å²) in [6.07, 6.45) is 8.15. The highest BCUT2D eigenvalue weighted by molar-refractivity contribution is 5.78. The topological polar surface area (TPSA) is 79.2 Å². The lowest BCUT2D eigenvalue weighted by Gasteiger charge is -2.21. The molecule has 1 aliphatic heterocycles. The van der Waals surface area contributed by atoms with E-state index in [-0.39, 0.29) is 11.9 Å². The van der Waals surface area contributed by atoms with Crippen LogP contribution in [0, 0.1) is 0 Å². The van der Waals surface area contributed by atoms with E-state index in [0.29, 0.717) is 19.0 Å². The fourth-order valence-electron chi connectivity index (χ4n) is 2.88. The molecule has 3 heterocycles. The second kappa shape index (κ2) is 7.39. The Morgan fingerprint density at radius 3 is 2.92 bits per heavy atom. The standard InChI is InChI=1S/C16H23N7O/c1-21(9-13-8-19-22(2)10-13)15(24)12-23-7-4-14(11-23)20-16-17-5-3-6-18-16/h3,5-6,8,10,14H,4,7,9,11-12H2,1-2H3,(H,17,18,20). The van der Waals surface area contributed by atoms with Crippen LogP contribution in [-0.4, -0.2) is 68.2 Å². The summed E-state index contributed by atoms with van der Waals surface area (Å²) in [6.45, 7) is 2.74. The van der Waals surface area contributed by atoms with E-state index in [4.69, 9.17) is 0 Å². The summed E-state index contributed by atoms with van der Waals surface area (Å²) in [4.78, 5) is 24.7. The number of anilines is 1. The van der Waals surface area contributed by atoms with Crippen LogP contribution < -0.4 is 5.32 Å². The first-order valence-electron chi connectivity index (χ1n) is 8.07. The van der Waals surface area contributed by atoms with E-state index in [0.717, 1.165) is 25.1 Å². The lowest BCUT2D eigenvalue weighted by atomic mass is 10.3. The molecule has 8 nitrogen and oxygen atoms in total. The number of hydrogen-bond donors (Lipinski definition) is 1. The number of likely N-dealkylation sites (tertiary alicyclic amines) is 1. The molecule has 24 heavy (non-hydrogen) atoms. The van der Waals surface area contributed by atoms with Crippen molar-refractivity contribution in [2.75, 3.05) is 32.0 Å². The van der Waals surface area contributed by atoms with Crippen LogP contribution in [-0.2, 0) is 18.4 Å². The van der Waals surface area contributed by atoms with E-state index < -0.39 is 0 Å². The van der Waals surface area contributed by atoms with Crippen molar-refractivity contribution in [3.63, 3.8) is 0 Å². The summed E-state index contributed by atoms with van der Waals surface area (Å²) in [5, 5.41) is 7.45. The summed E-state index contributed by atoms with van der Waals surface area (Å²) < 4.78 is 1.75. The molecule has 0 bridgehead atoms. The van der Waals surface area contributed by atoms with Crippen molar-refractivity contribution in [3.05, 3.63) is 36.4 Å². The van der Waals surface area contributed by atoms with Crippen LogP contribution in [0.15, 0.2) is 30.9 Å². The fourth-order valence-corrected chi connectivity index (χ4v) is 2.88. The highest BCUT2D eigenvalue weighted by Gasteiger charge is 2.25. The molecule has 1 saturated heterocycles. The van der Waals surface area contributed by atoms with Gasteiger partial charge in [0.1, 0.15) is 0 Å². The van der Waals surface area contributed by atoms with Crippen molar-refractivity contribution in [2.45, 2.75) is 19.0 Å². The van der Waals surface area contributed by atoms with Gasteiger partial charge in [-0.3, -0.25) is 14.4 Å². The van der Waals surface area contributed by atoms with Crippen LogP contribution in [0.25, 0.3) is 0 Å². The highest BCUT2D eigenvalue weighted by atomic mass is 16.2. The molecule has 128 valence electrons. The predicted molar refractivity (Wildman–Crippen MR) is 90.2 cm³/mol. The van der Waals surface area contributed by atoms with Crippen molar-refractivity contribution in [3.8, 4) is 0 Å². The Hall–Kier alpha value is -2.48. The zero-order chi connectivity index (χ0) is 16.9. The molecule has 1 amide bonds. The predicted octanol–water partition coefficient (Wildman–Crippen LogP) is 0.355. The molecule has 1 N–H and O–H groups in total. The molecule has 8 heteroatoms. The number of likely N-dealkylation sites (N-methyl/N-ethyl adjacent to an activating group) is 1. The molecule has 0 spiro atoms. The Morgan fingerprint density at radius 1 is 1.42 bits per heavy atom. The molecule has 0 aromatic carbocycles. The molecular weight excluding hydrogens is 306 g/mol. The van der Waals surface area contributed by atoms with Gasteiger partial charge in [0.15, 0.2) is 0 Å². The number of aryl methyl sites for hydroxylation is 1. The summed E-state index contributed by atoms with van der Waals surface area (Å²) in [7, 11) is 3.71. The molecule has 3 rings (SSSR count). The zero-order valence-electron chi connectivity index (χ0n) is 14.1. The number of amides is 1. The third-order valence-corrected chi connectivity index (χ3v) is 4.13. The van der Waals surface area contributed by atoms with Crippen molar-refractivity contribution in [2.24, 2.45) is 7.05 Å². The summed E-state index contributed by atoms with van der Waals surface area (Å²) in [5.74, 6) is 0.764. The van der Waals surface area contributed by atoms with Gasteiger partial charge in [0.25, 0.3) is 0 Å². The number of carbonyl (C=O) groups is 1. The van der Waals surface area contributed by atoms with Gasteiger partial charge < -0.3 is 10.2 Å². The first kappa shape index (κ1) is 16.4. The van der Waals surface area contributed by atoms with Gasteiger partial charge in [0, 0.05) is 63.9 Å². The normalized spacial score (nSPS) is 17.8. The molecule has 0 aliphatic carbocycles. The van der Waals surface area contributed by atoms with Crippen molar-refractivity contribution < 1.29 is 4.79 Å². The number of aromatic nitrogens is 4. The van der Waals surface area contributed by atoms with Gasteiger partial charge >= 0.3 is 0 Å². The largest absolute Gasteiger partial charge is 0.350 e. The van der Waals surface area contributed by atoms with Gasteiger partial charge in [-0.2, -0.15) is 5.10 Å². The Kier molecular flexibility index (Phi) is 5.05. The van der Waals surface area contributed by atoms with Crippen molar-refractivity contribution in [1.82, 2.24) is 29.5 Å². The molecular formula is C16H23N7O. The lowest BCUT2D eigenvalue weighted by Crippen LogP contribution is -2.38. The lowest BCUT2D eigenvalue weighted by molar-refractivity contribution is -0.131. The summed E-state index contributed by atoms with van der Waals surface area (Å²) >= 11 is 0. The average Bonchev–Trinajstić information content (AvgIpc) is 3.17. The minimum atomic E-state index is 0.121. The van der Waals surface area contributed by atoms with Gasteiger partial charge in [-0.25, -0.2) is 9.97 Å². The van der Waals surface area contributed by atoms with Crippen molar-refractivity contribution in [1.29, 1.82) is 0 Å².